The number of carbonyl (C=O) groups excluding carboxylic acids is 1. The Morgan fingerprint density at radius 2 is 1.83 bits per heavy atom. The van der Waals surface area contributed by atoms with Crippen LogP contribution in [-0.4, -0.2) is 31.4 Å². The van der Waals surface area contributed by atoms with E-state index in [9.17, 15) is 9.18 Å². The highest BCUT2D eigenvalue weighted by molar-refractivity contribution is 6.45. The molecule has 0 radical (unpaired) electrons. The molecular formula is C17H24BFO4. The third kappa shape index (κ3) is 3.58. The molecule has 0 aliphatic carbocycles. The summed E-state index contributed by atoms with van der Waals surface area (Å²) >= 11 is 0. The van der Waals surface area contributed by atoms with E-state index in [1.807, 2.05) is 34.6 Å². The van der Waals surface area contributed by atoms with Gasteiger partial charge in [0, 0.05) is 0 Å². The highest BCUT2D eigenvalue weighted by Crippen LogP contribution is 2.40. The lowest BCUT2D eigenvalue weighted by atomic mass is 9.74. The molecule has 6 heteroatoms. The molecule has 1 saturated heterocycles. The first-order chi connectivity index (χ1) is 10.6. The lowest BCUT2D eigenvalue weighted by Crippen LogP contribution is -2.41. The zero-order chi connectivity index (χ0) is 17.4. The van der Waals surface area contributed by atoms with Crippen LogP contribution in [0.4, 0.5) is 4.39 Å². The molecule has 0 amide bonds. The van der Waals surface area contributed by atoms with Crippen molar-refractivity contribution in [2.75, 3.05) is 7.11 Å². The standard InChI is InChI=1S/C17H24BFO4/c1-11(10-18-22-16(2,3)17(4,5)23-18)14-9-12(19)7-8-13(14)15(20)21-6/h7-9,11H,10H2,1-6H3. The summed E-state index contributed by atoms with van der Waals surface area (Å²) in [7, 11) is 0.915. The third-order valence-corrected chi connectivity index (χ3v) is 4.80. The van der Waals surface area contributed by atoms with Crippen LogP contribution < -0.4 is 0 Å². The lowest BCUT2D eigenvalue weighted by Gasteiger charge is -2.32. The molecule has 4 nitrogen and oxygen atoms in total. The number of carbonyl (C=O) groups is 1. The Kier molecular flexibility index (Phi) is 4.88. The average Bonchev–Trinajstić information content (AvgIpc) is 2.65. The Hall–Kier alpha value is -1.40. The first-order valence-electron chi connectivity index (χ1n) is 7.81. The van der Waals surface area contributed by atoms with Crippen molar-refractivity contribution in [3.63, 3.8) is 0 Å². The summed E-state index contributed by atoms with van der Waals surface area (Å²) in [5.41, 5.74) is 0.152. The zero-order valence-corrected chi connectivity index (χ0v) is 14.6. The van der Waals surface area contributed by atoms with Crippen molar-refractivity contribution in [3.05, 3.63) is 35.1 Å². The summed E-state index contributed by atoms with van der Waals surface area (Å²) in [5.74, 6) is -0.969. The largest absolute Gasteiger partial charge is 0.465 e. The second-order valence-electron chi connectivity index (χ2n) is 7.05. The topological polar surface area (TPSA) is 44.8 Å². The Balaban J connectivity index is 2.20. The number of halogens is 1. The van der Waals surface area contributed by atoms with Crippen LogP contribution in [0.2, 0.25) is 6.32 Å². The molecule has 1 heterocycles. The summed E-state index contributed by atoms with van der Waals surface area (Å²) in [6, 6.07) is 4.09. The second kappa shape index (κ2) is 6.25. The van der Waals surface area contributed by atoms with Gasteiger partial charge in [0.15, 0.2) is 0 Å². The van der Waals surface area contributed by atoms with Gasteiger partial charge < -0.3 is 14.0 Å². The van der Waals surface area contributed by atoms with Gasteiger partial charge in [-0.3, -0.25) is 0 Å². The minimum atomic E-state index is -0.472. The van der Waals surface area contributed by atoms with Gasteiger partial charge in [-0.25, -0.2) is 9.18 Å². The first kappa shape index (κ1) is 18.0. The van der Waals surface area contributed by atoms with Crippen LogP contribution in [0, 0.1) is 5.82 Å². The number of esters is 1. The summed E-state index contributed by atoms with van der Waals surface area (Å²) in [4.78, 5) is 11.9. The third-order valence-electron chi connectivity index (χ3n) is 4.80. The number of ether oxygens (including phenoxy) is 1. The molecule has 0 saturated carbocycles. The highest BCUT2D eigenvalue weighted by Gasteiger charge is 2.51. The van der Waals surface area contributed by atoms with Crippen LogP contribution in [0.1, 0.15) is 56.5 Å². The van der Waals surface area contributed by atoms with E-state index >= 15 is 0 Å². The number of rotatable bonds is 4. The van der Waals surface area contributed by atoms with Crippen molar-refractivity contribution in [2.24, 2.45) is 0 Å². The van der Waals surface area contributed by atoms with E-state index in [1.165, 1.54) is 25.3 Å². The lowest BCUT2D eigenvalue weighted by molar-refractivity contribution is 0.00578. The number of hydrogen-bond acceptors (Lipinski definition) is 4. The smallest absolute Gasteiger partial charge is 0.458 e. The minimum absolute atomic E-state index is 0.116. The minimum Gasteiger partial charge on any atom is -0.465 e. The predicted molar refractivity (Wildman–Crippen MR) is 87.0 cm³/mol. The SMILES string of the molecule is COC(=O)c1ccc(F)cc1C(C)CB1OC(C)(C)C(C)(C)O1. The molecule has 1 atom stereocenters. The average molecular weight is 322 g/mol. The molecule has 1 aliphatic rings. The second-order valence-corrected chi connectivity index (χ2v) is 7.05. The molecular weight excluding hydrogens is 298 g/mol. The van der Waals surface area contributed by atoms with Gasteiger partial charge in [0.1, 0.15) is 5.82 Å². The zero-order valence-electron chi connectivity index (χ0n) is 14.6. The molecule has 126 valence electrons. The Bertz CT molecular complexity index is 584. The molecule has 23 heavy (non-hydrogen) atoms. The molecule has 1 aromatic rings. The van der Waals surface area contributed by atoms with E-state index in [0.29, 0.717) is 17.4 Å². The molecule has 0 spiro atoms. The van der Waals surface area contributed by atoms with E-state index in [4.69, 9.17) is 14.0 Å². The van der Waals surface area contributed by atoms with Crippen molar-refractivity contribution < 1.29 is 23.2 Å². The van der Waals surface area contributed by atoms with Gasteiger partial charge in [0.05, 0.1) is 23.9 Å². The van der Waals surface area contributed by atoms with Gasteiger partial charge in [0.2, 0.25) is 0 Å². The summed E-state index contributed by atoms with van der Waals surface area (Å²) in [5, 5.41) is 0. The van der Waals surface area contributed by atoms with E-state index in [1.54, 1.807) is 0 Å². The summed E-state index contributed by atoms with van der Waals surface area (Å²) in [6.45, 7) is 9.87. The van der Waals surface area contributed by atoms with E-state index in [-0.39, 0.29) is 11.7 Å². The molecule has 0 bridgehead atoms. The number of hydrogen-bond donors (Lipinski definition) is 0. The normalized spacial score (nSPS) is 20.4. The first-order valence-corrected chi connectivity index (χ1v) is 7.81. The molecule has 1 unspecified atom stereocenters. The van der Waals surface area contributed by atoms with E-state index < -0.39 is 24.3 Å². The van der Waals surface area contributed by atoms with Gasteiger partial charge in [-0.05, 0) is 63.7 Å². The fourth-order valence-electron chi connectivity index (χ4n) is 2.71. The number of benzene rings is 1. The van der Waals surface area contributed by atoms with Gasteiger partial charge in [0.25, 0.3) is 0 Å². The van der Waals surface area contributed by atoms with Crippen molar-refractivity contribution in [1.82, 2.24) is 0 Å². The monoisotopic (exact) mass is 322 g/mol. The maximum Gasteiger partial charge on any atom is 0.458 e. The van der Waals surface area contributed by atoms with Crippen molar-refractivity contribution in [1.29, 1.82) is 0 Å². The van der Waals surface area contributed by atoms with Crippen molar-refractivity contribution in [3.8, 4) is 0 Å². The van der Waals surface area contributed by atoms with Gasteiger partial charge in [-0.1, -0.05) is 6.92 Å². The highest BCUT2D eigenvalue weighted by atomic mass is 19.1. The van der Waals surface area contributed by atoms with Gasteiger partial charge in [-0.2, -0.15) is 0 Å². The molecule has 1 aromatic carbocycles. The Morgan fingerprint density at radius 3 is 2.35 bits per heavy atom. The molecule has 1 fully saturated rings. The van der Waals surface area contributed by atoms with Crippen LogP contribution in [0.25, 0.3) is 0 Å². The maximum absolute atomic E-state index is 13.6. The van der Waals surface area contributed by atoms with Crippen LogP contribution >= 0.6 is 0 Å². The number of methoxy groups -OCH3 is 1. The quantitative estimate of drug-likeness (QED) is 0.625. The molecule has 0 N–H and O–H groups in total. The fraction of sp³-hybridized carbons (Fsp3) is 0.588. The van der Waals surface area contributed by atoms with Gasteiger partial charge in [-0.15, -0.1) is 0 Å². The van der Waals surface area contributed by atoms with Crippen LogP contribution in [0.3, 0.4) is 0 Å². The summed E-state index contributed by atoms with van der Waals surface area (Å²) < 4.78 is 30.4. The van der Waals surface area contributed by atoms with Crippen LogP contribution in [0.5, 0.6) is 0 Å². The van der Waals surface area contributed by atoms with Gasteiger partial charge >= 0.3 is 13.1 Å². The fourth-order valence-corrected chi connectivity index (χ4v) is 2.71. The van der Waals surface area contributed by atoms with E-state index in [0.717, 1.165) is 0 Å². The van der Waals surface area contributed by atoms with Crippen LogP contribution in [-0.2, 0) is 14.0 Å². The van der Waals surface area contributed by atoms with E-state index in [2.05, 4.69) is 0 Å². The van der Waals surface area contributed by atoms with Crippen LogP contribution in [0.15, 0.2) is 18.2 Å². The molecule has 1 aliphatic heterocycles. The summed E-state index contributed by atoms with van der Waals surface area (Å²) in [6.07, 6.45) is 0.528. The molecule has 0 aromatic heterocycles. The maximum atomic E-state index is 13.6. The van der Waals surface area contributed by atoms with Crippen molar-refractivity contribution >= 4 is 13.1 Å². The Labute approximate surface area is 137 Å². The Morgan fingerprint density at radius 1 is 1.26 bits per heavy atom. The predicted octanol–water partition coefficient (Wildman–Crippen LogP) is 3.81. The van der Waals surface area contributed by atoms with Crippen molar-refractivity contribution in [2.45, 2.75) is 58.1 Å². The molecule has 2 rings (SSSR count).